The van der Waals surface area contributed by atoms with E-state index in [2.05, 4.69) is 0 Å². The smallest absolute Gasteiger partial charge is 0.409 e. The summed E-state index contributed by atoms with van der Waals surface area (Å²) in [5.41, 5.74) is 5.47. The van der Waals surface area contributed by atoms with E-state index in [0.29, 0.717) is 6.61 Å². The Morgan fingerprint density at radius 1 is 1.38 bits per heavy atom. The molecule has 4 heteroatoms. The second kappa shape index (κ2) is 7.49. The summed E-state index contributed by atoms with van der Waals surface area (Å²) in [7, 11) is 0. The topological polar surface area (TPSA) is 55.6 Å². The third-order valence-corrected chi connectivity index (χ3v) is 3.21. The van der Waals surface area contributed by atoms with Crippen molar-refractivity contribution in [3.05, 3.63) is 0 Å². The Bertz CT molecular complexity index is 201. The lowest BCUT2D eigenvalue weighted by atomic mass is 9.92. The van der Waals surface area contributed by atoms with Gasteiger partial charge in [-0.15, -0.1) is 0 Å². The zero-order chi connectivity index (χ0) is 11.8. The van der Waals surface area contributed by atoms with E-state index >= 15 is 0 Å². The van der Waals surface area contributed by atoms with Crippen LogP contribution in [0.4, 0.5) is 4.79 Å². The zero-order valence-corrected chi connectivity index (χ0v) is 10.3. The van der Waals surface area contributed by atoms with Gasteiger partial charge in [-0.3, -0.25) is 0 Å². The average Bonchev–Trinajstić information content (AvgIpc) is 2.30. The van der Waals surface area contributed by atoms with Crippen molar-refractivity contribution in [1.82, 2.24) is 4.90 Å². The van der Waals surface area contributed by atoms with Gasteiger partial charge in [0.25, 0.3) is 0 Å². The molecule has 0 aromatic rings. The summed E-state index contributed by atoms with van der Waals surface area (Å²) < 4.78 is 4.99. The fourth-order valence-electron chi connectivity index (χ4n) is 2.20. The van der Waals surface area contributed by atoms with Gasteiger partial charge in [-0.25, -0.2) is 4.79 Å². The van der Waals surface area contributed by atoms with E-state index in [9.17, 15) is 4.79 Å². The molecule has 1 rings (SSSR count). The first-order valence-electron chi connectivity index (χ1n) is 6.39. The van der Waals surface area contributed by atoms with Crippen molar-refractivity contribution in [3.8, 4) is 0 Å². The first-order valence-corrected chi connectivity index (χ1v) is 6.39. The number of amides is 1. The number of hydrogen-bond acceptors (Lipinski definition) is 3. The van der Waals surface area contributed by atoms with Gasteiger partial charge < -0.3 is 15.4 Å². The Morgan fingerprint density at radius 3 is 2.62 bits per heavy atom. The van der Waals surface area contributed by atoms with Crippen LogP contribution in [0.3, 0.4) is 0 Å². The van der Waals surface area contributed by atoms with E-state index in [-0.39, 0.29) is 6.09 Å². The number of piperidine rings is 1. The molecule has 1 heterocycles. The highest BCUT2D eigenvalue weighted by atomic mass is 16.6. The van der Waals surface area contributed by atoms with Gasteiger partial charge in [0.05, 0.1) is 6.61 Å². The van der Waals surface area contributed by atoms with Crippen molar-refractivity contribution >= 4 is 6.09 Å². The molecule has 1 aliphatic rings. The monoisotopic (exact) mass is 228 g/mol. The number of nitrogens with two attached hydrogens (primary N) is 1. The summed E-state index contributed by atoms with van der Waals surface area (Å²) in [6.07, 6.45) is 5.68. The van der Waals surface area contributed by atoms with E-state index in [1.165, 1.54) is 12.8 Å². The Balaban J connectivity index is 2.15. The highest BCUT2D eigenvalue weighted by Crippen LogP contribution is 2.22. The molecule has 1 fully saturated rings. The predicted molar refractivity (Wildman–Crippen MR) is 64.2 cm³/mol. The van der Waals surface area contributed by atoms with Gasteiger partial charge in [0.15, 0.2) is 0 Å². The zero-order valence-electron chi connectivity index (χ0n) is 10.3. The van der Waals surface area contributed by atoms with Crippen molar-refractivity contribution in [3.63, 3.8) is 0 Å². The van der Waals surface area contributed by atoms with Gasteiger partial charge in [-0.05, 0) is 38.6 Å². The first kappa shape index (κ1) is 13.3. The second-order valence-corrected chi connectivity index (χ2v) is 4.41. The minimum atomic E-state index is -0.150. The maximum absolute atomic E-state index is 11.5. The summed E-state index contributed by atoms with van der Waals surface area (Å²) in [5.74, 6) is 0.775. The summed E-state index contributed by atoms with van der Waals surface area (Å²) >= 11 is 0. The van der Waals surface area contributed by atoms with Crippen LogP contribution in [0.5, 0.6) is 0 Å². The summed E-state index contributed by atoms with van der Waals surface area (Å²) in [4.78, 5) is 13.3. The average molecular weight is 228 g/mol. The molecular weight excluding hydrogens is 204 g/mol. The summed E-state index contributed by atoms with van der Waals surface area (Å²) in [6.45, 7) is 4.81. The minimum Gasteiger partial charge on any atom is -0.450 e. The van der Waals surface area contributed by atoms with Crippen molar-refractivity contribution in [2.75, 3.05) is 26.2 Å². The number of ether oxygens (including phenoxy) is 1. The summed E-state index contributed by atoms with van der Waals surface area (Å²) in [6, 6.07) is 0. The van der Waals surface area contributed by atoms with Crippen molar-refractivity contribution in [2.45, 2.75) is 39.0 Å². The number of carbonyl (C=O) groups is 1. The van der Waals surface area contributed by atoms with E-state index < -0.39 is 0 Å². The van der Waals surface area contributed by atoms with Crippen molar-refractivity contribution in [1.29, 1.82) is 0 Å². The molecule has 0 saturated carbocycles. The molecule has 0 bridgehead atoms. The number of nitrogens with zero attached hydrogens (tertiary/aromatic N) is 1. The number of rotatable bonds is 5. The van der Waals surface area contributed by atoms with Crippen LogP contribution in [0.1, 0.15) is 39.0 Å². The minimum absolute atomic E-state index is 0.150. The van der Waals surface area contributed by atoms with Crippen LogP contribution >= 0.6 is 0 Å². The molecule has 1 aliphatic heterocycles. The second-order valence-electron chi connectivity index (χ2n) is 4.41. The largest absolute Gasteiger partial charge is 0.450 e. The van der Waals surface area contributed by atoms with Gasteiger partial charge in [0.2, 0.25) is 0 Å². The molecule has 0 aliphatic carbocycles. The van der Waals surface area contributed by atoms with Gasteiger partial charge in [0, 0.05) is 13.1 Å². The fraction of sp³-hybridized carbons (Fsp3) is 0.917. The standard InChI is InChI=1S/C12H24N2O2/c1-2-16-12(15)14-9-6-11(7-10-14)5-3-4-8-13/h11H,2-10,13H2,1H3. The van der Waals surface area contributed by atoms with Crippen LogP contribution in [0.2, 0.25) is 0 Å². The van der Waals surface area contributed by atoms with Crippen LogP contribution in [0.15, 0.2) is 0 Å². The lowest BCUT2D eigenvalue weighted by molar-refractivity contribution is 0.0907. The molecule has 0 spiro atoms. The molecule has 0 atom stereocenters. The Hall–Kier alpha value is -0.770. The molecule has 1 saturated heterocycles. The van der Waals surface area contributed by atoms with Crippen LogP contribution in [0, 0.1) is 5.92 Å². The first-order chi connectivity index (χ1) is 7.77. The number of carbonyl (C=O) groups excluding carboxylic acids is 1. The van der Waals surface area contributed by atoms with Crippen LogP contribution in [0.25, 0.3) is 0 Å². The number of likely N-dealkylation sites (tertiary alicyclic amines) is 1. The normalized spacial score (nSPS) is 17.5. The molecular formula is C12H24N2O2. The molecule has 0 unspecified atom stereocenters. The predicted octanol–water partition coefficient (Wildman–Crippen LogP) is 1.98. The Kier molecular flexibility index (Phi) is 6.23. The van der Waals surface area contributed by atoms with Gasteiger partial charge in [-0.2, -0.15) is 0 Å². The third kappa shape index (κ3) is 4.39. The summed E-state index contributed by atoms with van der Waals surface area (Å²) in [5, 5.41) is 0. The van der Waals surface area contributed by atoms with Crippen molar-refractivity contribution < 1.29 is 9.53 Å². The van der Waals surface area contributed by atoms with E-state index in [0.717, 1.165) is 44.8 Å². The van der Waals surface area contributed by atoms with Gasteiger partial charge in [0.1, 0.15) is 0 Å². The van der Waals surface area contributed by atoms with E-state index in [1.54, 1.807) is 0 Å². The lowest BCUT2D eigenvalue weighted by Gasteiger charge is -2.31. The molecule has 94 valence electrons. The van der Waals surface area contributed by atoms with Crippen LogP contribution in [-0.4, -0.2) is 37.2 Å². The quantitative estimate of drug-likeness (QED) is 0.732. The molecule has 16 heavy (non-hydrogen) atoms. The molecule has 1 amide bonds. The van der Waals surface area contributed by atoms with Gasteiger partial charge >= 0.3 is 6.09 Å². The molecule has 4 nitrogen and oxygen atoms in total. The highest BCUT2D eigenvalue weighted by Gasteiger charge is 2.22. The fourth-order valence-corrected chi connectivity index (χ4v) is 2.20. The van der Waals surface area contributed by atoms with E-state index in [1.807, 2.05) is 11.8 Å². The maximum atomic E-state index is 11.5. The molecule has 2 N–H and O–H groups in total. The molecule has 0 aromatic carbocycles. The molecule has 0 aromatic heterocycles. The number of hydrogen-bond donors (Lipinski definition) is 1. The highest BCUT2D eigenvalue weighted by molar-refractivity contribution is 5.67. The maximum Gasteiger partial charge on any atom is 0.409 e. The third-order valence-electron chi connectivity index (χ3n) is 3.21. The number of unbranched alkanes of at least 4 members (excludes halogenated alkanes) is 1. The van der Waals surface area contributed by atoms with E-state index in [4.69, 9.17) is 10.5 Å². The van der Waals surface area contributed by atoms with Crippen molar-refractivity contribution in [2.24, 2.45) is 11.7 Å². The SMILES string of the molecule is CCOC(=O)N1CCC(CCCCN)CC1. The Labute approximate surface area is 98.1 Å². The lowest BCUT2D eigenvalue weighted by Crippen LogP contribution is -2.38. The molecule has 0 radical (unpaired) electrons. The van der Waals surface area contributed by atoms with Crippen LogP contribution < -0.4 is 5.73 Å². The Morgan fingerprint density at radius 2 is 2.06 bits per heavy atom. The van der Waals surface area contributed by atoms with Crippen LogP contribution in [-0.2, 0) is 4.74 Å². The van der Waals surface area contributed by atoms with Gasteiger partial charge in [-0.1, -0.05) is 12.8 Å².